The molecule has 1 aliphatic heterocycles. The average molecular weight is 278 g/mol. The number of hydrogen-bond donors (Lipinski definition) is 1. The monoisotopic (exact) mass is 278 g/mol. The normalized spacial score (nSPS) is 20.2. The van der Waals surface area contributed by atoms with Crippen molar-refractivity contribution in [3.05, 3.63) is 30.3 Å². The Labute approximate surface area is 119 Å². The highest BCUT2D eigenvalue weighted by atomic mass is 32.2. The quantitative estimate of drug-likeness (QED) is 0.662. The van der Waals surface area contributed by atoms with Crippen LogP contribution in [-0.4, -0.2) is 43.2 Å². The standard InChI is InChI=1S/C15H22N2OS/c1-17-10-5-6-13(12-17)15(18)16-9-11-19-14-7-3-2-4-8-14/h2-4,7-8,13H,5-6,9-12H2,1H3,(H,16,18). The number of piperidine rings is 1. The van der Waals surface area contributed by atoms with E-state index >= 15 is 0 Å². The summed E-state index contributed by atoms with van der Waals surface area (Å²) in [5.74, 6) is 1.33. The Bertz CT molecular complexity index is 396. The molecule has 1 aromatic rings. The fourth-order valence-corrected chi connectivity index (χ4v) is 3.17. The minimum Gasteiger partial charge on any atom is -0.355 e. The van der Waals surface area contributed by atoms with Gasteiger partial charge in [-0.2, -0.15) is 0 Å². The van der Waals surface area contributed by atoms with E-state index in [1.54, 1.807) is 11.8 Å². The van der Waals surface area contributed by atoms with E-state index in [1.807, 2.05) is 18.2 Å². The van der Waals surface area contributed by atoms with E-state index in [4.69, 9.17) is 0 Å². The van der Waals surface area contributed by atoms with Gasteiger partial charge in [-0.3, -0.25) is 4.79 Å². The van der Waals surface area contributed by atoms with Crippen molar-refractivity contribution in [2.45, 2.75) is 17.7 Å². The van der Waals surface area contributed by atoms with Crippen LogP contribution in [0, 0.1) is 5.92 Å². The van der Waals surface area contributed by atoms with Crippen molar-refractivity contribution in [1.29, 1.82) is 0 Å². The third-order valence-electron chi connectivity index (χ3n) is 3.41. The molecule has 0 spiro atoms. The molecule has 104 valence electrons. The van der Waals surface area contributed by atoms with Crippen molar-refractivity contribution in [3.63, 3.8) is 0 Å². The topological polar surface area (TPSA) is 32.3 Å². The molecule has 1 aromatic carbocycles. The molecular weight excluding hydrogens is 256 g/mol. The van der Waals surface area contributed by atoms with Gasteiger partial charge in [0.25, 0.3) is 0 Å². The predicted octanol–water partition coefficient (Wildman–Crippen LogP) is 2.24. The van der Waals surface area contributed by atoms with Crippen LogP contribution in [0.15, 0.2) is 35.2 Å². The second kappa shape index (κ2) is 7.56. The molecule has 1 fully saturated rings. The third kappa shape index (κ3) is 4.88. The Hall–Kier alpha value is -1.00. The van der Waals surface area contributed by atoms with Crippen molar-refractivity contribution in [2.75, 3.05) is 32.4 Å². The first-order valence-corrected chi connectivity index (χ1v) is 7.88. The smallest absolute Gasteiger partial charge is 0.224 e. The van der Waals surface area contributed by atoms with Crippen molar-refractivity contribution >= 4 is 17.7 Å². The number of likely N-dealkylation sites (tertiary alicyclic amines) is 1. The molecule has 19 heavy (non-hydrogen) atoms. The van der Waals surface area contributed by atoms with Crippen LogP contribution >= 0.6 is 11.8 Å². The minimum atomic E-state index is 0.181. The summed E-state index contributed by atoms with van der Waals surface area (Å²) >= 11 is 1.78. The minimum absolute atomic E-state index is 0.181. The zero-order valence-electron chi connectivity index (χ0n) is 11.5. The molecule has 1 atom stereocenters. The van der Waals surface area contributed by atoms with E-state index in [1.165, 1.54) is 4.90 Å². The Balaban J connectivity index is 1.64. The number of carbonyl (C=O) groups excluding carboxylic acids is 1. The Morgan fingerprint density at radius 1 is 1.42 bits per heavy atom. The highest BCUT2D eigenvalue weighted by Crippen LogP contribution is 2.17. The zero-order chi connectivity index (χ0) is 13.5. The molecule has 1 heterocycles. The van der Waals surface area contributed by atoms with E-state index in [0.29, 0.717) is 0 Å². The summed E-state index contributed by atoms with van der Waals surface area (Å²) in [5, 5.41) is 3.06. The number of carbonyl (C=O) groups is 1. The maximum atomic E-state index is 12.0. The van der Waals surface area contributed by atoms with E-state index in [9.17, 15) is 4.79 Å². The van der Waals surface area contributed by atoms with E-state index in [-0.39, 0.29) is 11.8 Å². The number of hydrogen-bond acceptors (Lipinski definition) is 3. The van der Waals surface area contributed by atoms with Gasteiger partial charge in [-0.1, -0.05) is 18.2 Å². The van der Waals surface area contributed by atoms with Crippen molar-refractivity contribution in [2.24, 2.45) is 5.92 Å². The van der Waals surface area contributed by atoms with Gasteiger partial charge in [0.15, 0.2) is 0 Å². The summed E-state index contributed by atoms with van der Waals surface area (Å²) in [7, 11) is 2.09. The number of thioether (sulfide) groups is 1. The largest absolute Gasteiger partial charge is 0.355 e. The number of rotatable bonds is 5. The second-order valence-electron chi connectivity index (χ2n) is 5.05. The lowest BCUT2D eigenvalue weighted by Crippen LogP contribution is -2.41. The molecule has 1 aliphatic rings. The first kappa shape index (κ1) is 14.4. The Morgan fingerprint density at radius 2 is 2.21 bits per heavy atom. The Morgan fingerprint density at radius 3 is 2.95 bits per heavy atom. The molecular formula is C15H22N2OS. The summed E-state index contributed by atoms with van der Waals surface area (Å²) in [5.41, 5.74) is 0. The van der Waals surface area contributed by atoms with Gasteiger partial charge in [0, 0.05) is 23.7 Å². The molecule has 2 rings (SSSR count). The molecule has 1 saturated heterocycles. The van der Waals surface area contributed by atoms with Gasteiger partial charge in [0.05, 0.1) is 5.92 Å². The van der Waals surface area contributed by atoms with E-state index in [2.05, 4.69) is 29.4 Å². The van der Waals surface area contributed by atoms with Crippen molar-refractivity contribution in [1.82, 2.24) is 10.2 Å². The van der Waals surface area contributed by atoms with Gasteiger partial charge < -0.3 is 10.2 Å². The fourth-order valence-electron chi connectivity index (χ4n) is 2.38. The molecule has 0 aliphatic carbocycles. The lowest BCUT2D eigenvalue weighted by atomic mass is 9.98. The number of nitrogens with one attached hydrogen (secondary N) is 1. The van der Waals surface area contributed by atoms with Crippen LogP contribution in [0.3, 0.4) is 0 Å². The summed E-state index contributed by atoms with van der Waals surface area (Å²) in [6, 6.07) is 10.3. The molecule has 0 radical (unpaired) electrons. The van der Waals surface area contributed by atoms with Crippen LogP contribution < -0.4 is 5.32 Å². The van der Waals surface area contributed by atoms with Crippen LogP contribution in [-0.2, 0) is 4.79 Å². The lowest BCUT2D eigenvalue weighted by Gasteiger charge is -2.28. The molecule has 1 N–H and O–H groups in total. The van der Waals surface area contributed by atoms with Crippen LogP contribution in [0.1, 0.15) is 12.8 Å². The lowest BCUT2D eigenvalue weighted by molar-refractivity contribution is -0.126. The van der Waals surface area contributed by atoms with Gasteiger partial charge in [-0.25, -0.2) is 0 Å². The Kier molecular flexibility index (Phi) is 5.73. The maximum absolute atomic E-state index is 12.0. The highest BCUT2D eigenvalue weighted by molar-refractivity contribution is 7.99. The summed E-state index contributed by atoms with van der Waals surface area (Å²) < 4.78 is 0. The van der Waals surface area contributed by atoms with Gasteiger partial charge in [-0.05, 0) is 38.6 Å². The molecule has 4 heteroatoms. The summed E-state index contributed by atoms with van der Waals surface area (Å²) in [4.78, 5) is 15.5. The zero-order valence-corrected chi connectivity index (χ0v) is 12.3. The molecule has 1 unspecified atom stereocenters. The molecule has 0 bridgehead atoms. The van der Waals surface area contributed by atoms with Crippen molar-refractivity contribution < 1.29 is 4.79 Å². The van der Waals surface area contributed by atoms with Crippen molar-refractivity contribution in [3.8, 4) is 0 Å². The van der Waals surface area contributed by atoms with Crippen LogP contribution in [0.25, 0.3) is 0 Å². The summed E-state index contributed by atoms with van der Waals surface area (Å²) in [6.45, 7) is 2.77. The highest BCUT2D eigenvalue weighted by Gasteiger charge is 2.23. The van der Waals surface area contributed by atoms with Gasteiger partial charge in [-0.15, -0.1) is 11.8 Å². The van der Waals surface area contributed by atoms with E-state index < -0.39 is 0 Å². The molecule has 0 aromatic heterocycles. The summed E-state index contributed by atoms with van der Waals surface area (Å²) in [6.07, 6.45) is 2.16. The predicted molar refractivity (Wildman–Crippen MR) is 80.4 cm³/mol. The van der Waals surface area contributed by atoms with E-state index in [0.717, 1.165) is 38.2 Å². The van der Waals surface area contributed by atoms with Crippen LogP contribution in [0.4, 0.5) is 0 Å². The molecule has 0 saturated carbocycles. The first-order chi connectivity index (χ1) is 9.25. The second-order valence-corrected chi connectivity index (χ2v) is 6.22. The third-order valence-corrected chi connectivity index (χ3v) is 4.42. The van der Waals surface area contributed by atoms with Gasteiger partial charge in [0.2, 0.25) is 5.91 Å². The number of amides is 1. The first-order valence-electron chi connectivity index (χ1n) is 6.90. The fraction of sp³-hybridized carbons (Fsp3) is 0.533. The maximum Gasteiger partial charge on any atom is 0.224 e. The molecule has 1 amide bonds. The number of nitrogens with zero attached hydrogens (tertiary/aromatic N) is 1. The van der Waals surface area contributed by atoms with Gasteiger partial charge >= 0.3 is 0 Å². The SMILES string of the molecule is CN1CCCC(C(=O)NCCSc2ccccc2)C1. The average Bonchev–Trinajstić information content (AvgIpc) is 2.44. The number of benzene rings is 1. The van der Waals surface area contributed by atoms with Crippen LogP contribution in [0.5, 0.6) is 0 Å². The van der Waals surface area contributed by atoms with Gasteiger partial charge in [0.1, 0.15) is 0 Å². The van der Waals surface area contributed by atoms with Crippen LogP contribution in [0.2, 0.25) is 0 Å². The molecule has 3 nitrogen and oxygen atoms in total.